The van der Waals surface area contributed by atoms with Crippen LogP contribution >= 0.6 is 0 Å². The molecule has 0 aliphatic carbocycles. The van der Waals surface area contributed by atoms with Crippen molar-refractivity contribution in [1.82, 2.24) is 9.73 Å². The molecule has 162 valence electrons. The summed E-state index contributed by atoms with van der Waals surface area (Å²) in [6.07, 6.45) is 1.41. The molecule has 0 atom stereocenters. The Kier molecular flexibility index (Phi) is 7.79. The van der Waals surface area contributed by atoms with Crippen molar-refractivity contribution in [2.75, 3.05) is 34.9 Å². The molecule has 0 saturated heterocycles. The second-order valence-electron chi connectivity index (χ2n) is 6.32. The van der Waals surface area contributed by atoms with E-state index in [-0.39, 0.29) is 10.6 Å². The summed E-state index contributed by atoms with van der Waals surface area (Å²) >= 11 is 0. The minimum absolute atomic E-state index is 0.00544. The molecule has 0 saturated carbocycles. The average molecular weight is 436 g/mol. The number of benzene rings is 2. The summed E-state index contributed by atoms with van der Waals surface area (Å²) in [5, 5.41) is 3.86. The molecule has 2 aromatic carbocycles. The van der Waals surface area contributed by atoms with Gasteiger partial charge in [-0.3, -0.25) is 4.79 Å². The van der Waals surface area contributed by atoms with Gasteiger partial charge in [-0.05, 0) is 48.4 Å². The molecular formula is C20H25N3O6S. The van der Waals surface area contributed by atoms with Crippen LogP contribution < -0.4 is 19.6 Å². The van der Waals surface area contributed by atoms with Crippen molar-refractivity contribution >= 4 is 22.1 Å². The lowest BCUT2D eigenvalue weighted by Gasteiger charge is -2.18. The average Bonchev–Trinajstić information content (AvgIpc) is 2.73. The number of ether oxygens (including phenoxy) is 3. The number of amides is 1. The molecule has 0 bridgehead atoms. The van der Waals surface area contributed by atoms with E-state index >= 15 is 0 Å². The Morgan fingerprint density at radius 1 is 1.03 bits per heavy atom. The number of hydrogen-bond donors (Lipinski definition) is 1. The molecule has 2 rings (SSSR count). The minimum atomic E-state index is -3.93. The number of carbonyl (C=O) groups excluding carboxylic acids is 1. The predicted molar refractivity (Wildman–Crippen MR) is 113 cm³/mol. The van der Waals surface area contributed by atoms with Crippen LogP contribution in [0.3, 0.4) is 0 Å². The highest BCUT2D eigenvalue weighted by atomic mass is 32.2. The second kappa shape index (κ2) is 10.1. The maximum absolute atomic E-state index is 12.8. The number of hydrogen-bond acceptors (Lipinski definition) is 7. The summed E-state index contributed by atoms with van der Waals surface area (Å²) in [6, 6.07) is 9.94. The van der Waals surface area contributed by atoms with Crippen molar-refractivity contribution in [2.45, 2.75) is 11.8 Å². The van der Waals surface area contributed by atoms with Gasteiger partial charge in [-0.1, -0.05) is 6.07 Å². The van der Waals surface area contributed by atoms with Crippen LogP contribution in [0.2, 0.25) is 0 Å². The molecule has 0 aliphatic heterocycles. The zero-order valence-electron chi connectivity index (χ0n) is 17.5. The van der Waals surface area contributed by atoms with Gasteiger partial charge < -0.3 is 14.2 Å². The minimum Gasteiger partial charge on any atom is -0.495 e. The van der Waals surface area contributed by atoms with E-state index in [2.05, 4.69) is 10.5 Å². The highest BCUT2D eigenvalue weighted by molar-refractivity contribution is 7.89. The van der Waals surface area contributed by atoms with Crippen molar-refractivity contribution in [1.29, 1.82) is 0 Å². The quantitative estimate of drug-likeness (QED) is 0.475. The Morgan fingerprint density at radius 3 is 2.30 bits per heavy atom. The Morgan fingerprint density at radius 2 is 1.67 bits per heavy atom. The van der Waals surface area contributed by atoms with Gasteiger partial charge in [0.1, 0.15) is 10.6 Å². The van der Waals surface area contributed by atoms with Crippen LogP contribution in [0.5, 0.6) is 17.2 Å². The van der Waals surface area contributed by atoms with Crippen LogP contribution in [0, 0.1) is 6.92 Å². The molecule has 1 N–H and O–H groups in total. The van der Waals surface area contributed by atoms with Gasteiger partial charge in [-0.25, -0.2) is 13.8 Å². The SMILES string of the molecule is COc1ccc(C=NNC(=O)CN(C)S(=O)(=O)c2cc(C)ccc2OC)cc1OC. The summed E-state index contributed by atoms with van der Waals surface area (Å²) in [7, 11) is 1.82. The summed E-state index contributed by atoms with van der Waals surface area (Å²) in [5.41, 5.74) is 3.73. The molecule has 0 radical (unpaired) electrons. The molecule has 0 aliphatic rings. The third-order valence-corrected chi connectivity index (χ3v) is 6.01. The van der Waals surface area contributed by atoms with Gasteiger partial charge in [-0.2, -0.15) is 9.41 Å². The fraction of sp³-hybridized carbons (Fsp3) is 0.300. The number of hydrazone groups is 1. The fourth-order valence-electron chi connectivity index (χ4n) is 2.59. The molecular weight excluding hydrogens is 410 g/mol. The number of aryl methyl sites for hydroxylation is 1. The molecule has 0 unspecified atom stereocenters. The Labute approximate surface area is 176 Å². The van der Waals surface area contributed by atoms with E-state index in [1.807, 2.05) is 0 Å². The van der Waals surface area contributed by atoms with Crippen LogP contribution in [0.25, 0.3) is 0 Å². The van der Waals surface area contributed by atoms with Gasteiger partial charge in [0.15, 0.2) is 11.5 Å². The van der Waals surface area contributed by atoms with E-state index in [1.54, 1.807) is 37.3 Å². The van der Waals surface area contributed by atoms with Crippen molar-refractivity contribution in [3.05, 3.63) is 47.5 Å². The monoisotopic (exact) mass is 435 g/mol. The third kappa shape index (κ3) is 5.49. The van der Waals surface area contributed by atoms with Crippen molar-refractivity contribution in [2.24, 2.45) is 5.10 Å². The van der Waals surface area contributed by atoms with Crippen LogP contribution in [-0.2, 0) is 14.8 Å². The van der Waals surface area contributed by atoms with Gasteiger partial charge in [0.2, 0.25) is 10.0 Å². The Balaban J connectivity index is 2.06. The maximum Gasteiger partial charge on any atom is 0.255 e. The summed E-state index contributed by atoms with van der Waals surface area (Å²) < 4.78 is 42.1. The van der Waals surface area contributed by atoms with E-state index in [1.165, 1.54) is 40.7 Å². The van der Waals surface area contributed by atoms with E-state index < -0.39 is 22.5 Å². The lowest BCUT2D eigenvalue weighted by molar-refractivity contribution is -0.121. The van der Waals surface area contributed by atoms with Crippen LogP contribution in [0.1, 0.15) is 11.1 Å². The van der Waals surface area contributed by atoms with E-state index in [0.717, 1.165) is 9.87 Å². The van der Waals surface area contributed by atoms with Gasteiger partial charge in [0.25, 0.3) is 5.91 Å². The number of nitrogens with one attached hydrogen (secondary N) is 1. The smallest absolute Gasteiger partial charge is 0.255 e. The molecule has 30 heavy (non-hydrogen) atoms. The molecule has 9 nitrogen and oxygen atoms in total. The van der Waals surface area contributed by atoms with Crippen molar-refractivity contribution in [3.8, 4) is 17.2 Å². The maximum atomic E-state index is 12.8. The van der Waals surface area contributed by atoms with E-state index in [0.29, 0.717) is 17.1 Å². The number of sulfonamides is 1. The van der Waals surface area contributed by atoms with Crippen LogP contribution in [0.15, 0.2) is 46.4 Å². The molecule has 2 aromatic rings. The molecule has 1 amide bonds. The number of nitrogens with zero attached hydrogens (tertiary/aromatic N) is 2. The molecule has 10 heteroatoms. The second-order valence-corrected chi connectivity index (χ2v) is 8.34. The number of methoxy groups -OCH3 is 3. The number of likely N-dealkylation sites (N-methyl/N-ethyl adjacent to an activating group) is 1. The van der Waals surface area contributed by atoms with Gasteiger partial charge in [0, 0.05) is 7.05 Å². The summed E-state index contributed by atoms with van der Waals surface area (Å²) in [4.78, 5) is 12.2. The summed E-state index contributed by atoms with van der Waals surface area (Å²) in [5.74, 6) is 0.701. The van der Waals surface area contributed by atoms with Gasteiger partial charge in [-0.15, -0.1) is 0 Å². The standard InChI is InChI=1S/C20H25N3O6S/c1-14-6-8-17(28-4)19(10-14)30(25,26)23(2)13-20(24)22-21-12-15-7-9-16(27-3)18(11-15)29-5/h6-12H,13H2,1-5H3,(H,22,24). The van der Waals surface area contributed by atoms with Crippen molar-refractivity contribution in [3.63, 3.8) is 0 Å². The molecule has 0 spiro atoms. The number of carbonyl (C=O) groups is 1. The van der Waals surface area contributed by atoms with Crippen LogP contribution in [0.4, 0.5) is 0 Å². The zero-order valence-corrected chi connectivity index (χ0v) is 18.3. The third-order valence-electron chi connectivity index (χ3n) is 4.18. The Hall–Kier alpha value is -3.11. The van der Waals surface area contributed by atoms with Crippen molar-refractivity contribution < 1.29 is 27.4 Å². The summed E-state index contributed by atoms with van der Waals surface area (Å²) in [6.45, 7) is 1.36. The first kappa shape index (κ1) is 23.2. The normalized spacial score (nSPS) is 11.5. The van der Waals surface area contributed by atoms with Gasteiger partial charge >= 0.3 is 0 Å². The zero-order chi connectivity index (χ0) is 22.3. The highest BCUT2D eigenvalue weighted by Crippen LogP contribution is 2.27. The molecule has 0 heterocycles. The Bertz CT molecular complexity index is 1040. The predicted octanol–water partition coefficient (Wildman–Crippen LogP) is 1.79. The highest BCUT2D eigenvalue weighted by Gasteiger charge is 2.26. The first-order valence-electron chi connectivity index (χ1n) is 8.87. The van der Waals surface area contributed by atoms with Crippen LogP contribution in [-0.4, -0.2) is 59.8 Å². The molecule has 0 aromatic heterocycles. The number of rotatable bonds is 9. The fourth-order valence-corrected chi connectivity index (χ4v) is 3.95. The topological polar surface area (TPSA) is 107 Å². The largest absolute Gasteiger partial charge is 0.495 e. The first-order valence-corrected chi connectivity index (χ1v) is 10.3. The van der Waals surface area contributed by atoms with E-state index in [9.17, 15) is 13.2 Å². The lowest BCUT2D eigenvalue weighted by Crippen LogP contribution is -2.36. The van der Waals surface area contributed by atoms with E-state index in [4.69, 9.17) is 14.2 Å². The lowest BCUT2D eigenvalue weighted by atomic mass is 10.2. The molecule has 0 fully saturated rings. The first-order chi connectivity index (χ1) is 14.2. The van der Waals surface area contributed by atoms with Gasteiger partial charge in [0.05, 0.1) is 34.1 Å².